The average Bonchev–Trinajstić information content (AvgIpc) is 3.75. The van der Waals surface area contributed by atoms with Crippen LogP contribution in [0.3, 0.4) is 0 Å². The lowest BCUT2D eigenvalue weighted by Crippen LogP contribution is -2.51. The van der Waals surface area contributed by atoms with Crippen LogP contribution >= 0.6 is 0 Å². The first kappa shape index (κ1) is 40.8. The number of allylic oxidation sites excluding steroid dienone is 2. The third-order valence-corrected chi connectivity index (χ3v) is 15.6. The molecular formula is C47H78O4. The maximum absolute atomic E-state index is 12.9. The molecule has 0 N–H and O–H groups in total. The van der Waals surface area contributed by atoms with Gasteiger partial charge in [0.15, 0.2) is 5.78 Å². The number of esters is 1. The van der Waals surface area contributed by atoms with Gasteiger partial charge in [0, 0.05) is 19.3 Å². The SMILES string of the molecule is CCCCC[C@@H]1O[C@H]1/C=C/C(=O)CCCCCCCC(=O)O[C@H]1CC[C@@]2(C)C(=CC[C@H]3[C@@H]4CC[C@H]([C@H](C)CC[C@H](CC)C(C)C)[C@@]4(C)CC[C@@H]32)C1. The summed E-state index contributed by atoms with van der Waals surface area (Å²) in [5.41, 5.74) is 2.42. The van der Waals surface area contributed by atoms with Gasteiger partial charge in [-0.1, -0.05) is 111 Å². The van der Waals surface area contributed by atoms with Crippen molar-refractivity contribution in [2.45, 2.75) is 208 Å². The molecule has 290 valence electrons. The second kappa shape index (κ2) is 18.8. The maximum Gasteiger partial charge on any atom is 0.306 e. The Hall–Kier alpha value is -1.42. The molecule has 5 rings (SSSR count). The lowest BCUT2D eigenvalue weighted by Gasteiger charge is -2.58. The predicted molar refractivity (Wildman–Crippen MR) is 211 cm³/mol. The summed E-state index contributed by atoms with van der Waals surface area (Å²) in [7, 11) is 0. The fraction of sp³-hybridized carbons (Fsp3) is 0.872. The van der Waals surface area contributed by atoms with Crippen molar-refractivity contribution in [1.82, 2.24) is 0 Å². The molecule has 0 unspecified atom stereocenters. The van der Waals surface area contributed by atoms with Gasteiger partial charge in [-0.05, 0) is 135 Å². The molecule has 4 fully saturated rings. The summed E-state index contributed by atoms with van der Waals surface area (Å²) in [5, 5.41) is 0. The molecule has 0 amide bonds. The van der Waals surface area contributed by atoms with Gasteiger partial charge in [0.05, 0.1) is 6.10 Å². The van der Waals surface area contributed by atoms with Crippen molar-refractivity contribution >= 4 is 11.8 Å². The molecule has 5 aliphatic rings. The van der Waals surface area contributed by atoms with E-state index in [0.29, 0.717) is 29.8 Å². The highest BCUT2D eigenvalue weighted by Crippen LogP contribution is 2.67. The standard InChI is InChI=1S/C47H78O4/c1-8-10-14-18-43-44(51-43)27-23-37(48)17-15-12-11-13-16-19-45(49)50-38-28-30-46(6)36(32-38)22-24-39-41-26-25-40(47(41,7)31-29-42(39)46)34(5)20-21-35(9-2)33(3)4/h22-23,27,33-35,38-44H,8-21,24-26,28-32H2,1-7H3/b27-23+/t34-,35+,38+,39+,40-,41+,42+,43+,44+,46+,47-/m1/s1. The number of rotatable bonds is 21. The Morgan fingerprint density at radius 2 is 1.67 bits per heavy atom. The van der Waals surface area contributed by atoms with Crippen molar-refractivity contribution in [2.24, 2.45) is 52.3 Å². The highest BCUT2D eigenvalue weighted by molar-refractivity contribution is 5.89. The van der Waals surface area contributed by atoms with Gasteiger partial charge in [0.2, 0.25) is 0 Å². The Kier molecular flexibility index (Phi) is 15.0. The summed E-state index contributed by atoms with van der Waals surface area (Å²) in [5.74, 6) is 6.17. The van der Waals surface area contributed by atoms with Crippen LogP contribution in [0.4, 0.5) is 0 Å². The zero-order valence-corrected chi connectivity index (χ0v) is 34.2. The highest BCUT2D eigenvalue weighted by Gasteiger charge is 2.59. The topological polar surface area (TPSA) is 55.9 Å². The first-order chi connectivity index (χ1) is 24.5. The van der Waals surface area contributed by atoms with Crippen LogP contribution < -0.4 is 0 Å². The van der Waals surface area contributed by atoms with Gasteiger partial charge in [-0.15, -0.1) is 0 Å². The van der Waals surface area contributed by atoms with E-state index in [2.05, 4.69) is 54.5 Å². The van der Waals surface area contributed by atoms with Crippen LogP contribution in [0.25, 0.3) is 0 Å². The van der Waals surface area contributed by atoms with Crippen molar-refractivity contribution < 1.29 is 19.1 Å². The van der Waals surface area contributed by atoms with Crippen LogP contribution in [0, 0.1) is 52.3 Å². The Morgan fingerprint density at radius 1 is 0.902 bits per heavy atom. The summed E-state index contributed by atoms with van der Waals surface area (Å²) >= 11 is 0. The molecule has 51 heavy (non-hydrogen) atoms. The van der Waals surface area contributed by atoms with Crippen molar-refractivity contribution in [3.63, 3.8) is 0 Å². The minimum Gasteiger partial charge on any atom is -0.462 e. The number of hydrogen-bond acceptors (Lipinski definition) is 4. The molecule has 0 radical (unpaired) electrons. The van der Waals surface area contributed by atoms with Crippen molar-refractivity contribution in [3.8, 4) is 0 Å². The average molecular weight is 707 g/mol. The van der Waals surface area contributed by atoms with Crippen LogP contribution in [0.5, 0.6) is 0 Å². The van der Waals surface area contributed by atoms with E-state index < -0.39 is 0 Å². The Labute approximate surface area is 314 Å². The molecule has 4 nitrogen and oxygen atoms in total. The molecule has 4 aliphatic carbocycles. The number of ether oxygens (including phenoxy) is 2. The molecule has 11 atom stereocenters. The first-order valence-corrected chi connectivity index (χ1v) is 22.3. The van der Waals surface area contributed by atoms with E-state index in [4.69, 9.17) is 9.47 Å². The molecule has 3 saturated carbocycles. The molecule has 0 aromatic rings. The summed E-state index contributed by atoms with van der Waals surface area (Å²) in [6.45, 7) is 17.3. The van der Waals surface area contributed by atoms with Crippen molar-refractivity contribution in [3.05, 3.63) is 23.8 Å². The Bertz CT molecular complexity index is 1180. The zero-order chi connectivity index (χ0) is 36.6. The van der Waals surface area contributed by atoms with E-state index >= 15 is 0 Å². The Balaban J connectivity index is 0.983. The van der Waals surface area contributed by atoms with E-state index in [9.17, 15) is 9.59 Å². The zero-order valence-electron chi connectivity index (χ0n) is 34.2. The second-order valence-electron chi connectivity index (χ2n) is 19.0. The van der Waals surface area contributed by atoms with E-state index in [-0.39, 0.29) is 24.0 Å². The van der Waals surface area contributed by atoms with E-state index in [1.807, 2.05) is 6.08 Å². The molecule has 1 saturated heterocycles. The molecule has 0 bridgehead atoms. The molecular weight excluding hydrogens is 629 g/mol. The van der Waals surface area contributed by atoms with Crippen molar-refractivity contribution in [1.29, 1.82) is 0 Å². The summed E-state index contributed by atoms with van der Waals surface area (Å²) in [6, 6.07) is 0. The lowest BCUT2D eigenvalue weighted by atomic mass is 9.47. The lowest BCUT2D eigenvalue weighted by molar-refractivity contribution is -0.151. The number of carbonyl (C=O) groups excluding carboxylic acids is 2. The van der Waals surface area contributed by atoms with Crippen LogP contribution in [0.15, 0.2) is 23.8 Å². The quantitative estimate of drug-likeness (QED) is 0.0392. The van der Waals surface area contributed by atoms with E-state index in [1.54, 1.807) is 11.6 Å². The third-order valence-electron chi connectivity index (χ3n) is 15.6. The minimum atomic E-state index is -0.00769. The normalized spacial score (nSPS) is 35.5. The van der Waals surface area contributed by atoms with E-state index in [0.717, 1.165) is 92.8 Å². The molecule has 0 aromatic heterocycles. The van der Waals surface area contributed by atoms with Crippen LogP contribution in [0.2, 0.25) is 0 Å². The summed E-state index contributed by atoms with van der Waals surface area (Å²) in [4.78, 5) is 25.1. The number of ketones is 1. The first-order valence-electron chi connectivity index (χ1n) is 22.3. The second-order valence-corrected chi connectivity index (χ2v) is 19.0. The summed E-state index contributed by atoms with van der Waals surface area (Å²) in [6.07, 6.45) is 32.1. The number of epoxide rings is 1. The van der Waals surface area contributed by atoms with Gasteiger partial charge < -0.3 is 9.47 Å². The third kappa shape index (κ3) is 10.2. The summed E-state index contributed by atoms with van der Waals surface area (Å²) < 4.78 is 11.8. The van der Waals surface area contributed by atoms with Gasteiger partial charge in [-0.2, -0.15) is 0 Å². The van der Waals surface area contributed by atoms with Gasteiger partial charge in [-0.3, -0.25) is 9.59 Å². The number of hydrogen-bond donors (Lipinski definition) is 0. The number of carbonyl (C=O) groups is 2. The van der Waals surface area contributed by atoms with E-state index in [1.165, 1.54) is 77.0 Å². The fourth-order valence-corrected chi connectivity index (χ4v) is 12.2. The van der Waals surface area contributed by atoms with Crippen LogP contribution in [0.1, 0.15) is 190 Å². The highest BCUT2D eigenvalue weighted by atomic mass is 16.6. The minimum absolute atomic E-state index is 0.00769. The molecule has 1 aliphatic heterocycles. The number of unbranched alkanes of at least 4 members (excludes halogenated alkanes) is 6. The molecule has 4 heteroatoms. The van der Waals surface area contributed by atoms with Gasteiger partial charge in [-0.25, -0.2) is 0 Å². The fourth-order valence-electron chi connectivity index (χ4n) is 12.2. The number of fused-ring (bicyclic) bond motifs is 5. The Morgan fingerprint density at radius 3 is 2.41 bits per heavy atom. The molecule has 1 heterocycles. The van der Waals surface area contributed by atoms with Crippen LogP contribution in [-0.2, 0) is 19.1 Å². The molecule has 0 spiro atoms. The monoisotopic (exact) mass is 707 g/mol. The van der Waals surface area contributed by atoms with Crippen molar-refractivity contribution in [2.75, 3.05) is 0 Å². The largest absolute Gasteiger partial charge is 0.462 e. The maximum atomic E-state index is 12.9. The van der Waals surface area contributed by atoms with Gasteiger partial charge in [0.1, 0.15) is 12.2 Å². The van der Waals surface area contributed by atoms with Crippen LogP contribution in [-0.4, -0.2) is 30.1 Å². The predicted octanol–water partition coefficient (Wildman–Crippen LogP) is 12.8. The smallest absolute Gasteiger partial charge is 0.306 e. The van der Waals surface area contributed by atoms with Gasteiger partial charge in [0.25, 0.3) is 0 Å². The molecule has 0 aromatic carbocycles. The van der Waals surface area contributed by atoms with Gasteiger partial charge >= 0.3 is 5.97 Å².